The summed E-state index contributed by atoms with van der Waals surface area (Å²) < 4.78 is 19.8. The highest BCUT2D eigenvalue weighted by Gasteiger charge is 2.15. The van der Waals surface area contributed by atoms with Crippen molar-refractivity contribution in [2.24, 2.45) is 0 Å². The number of rotatable bonds is 4. The molecule has 1 amide bonds. The van der Waals surface area contributed by atoms with Crippen LogP contribution in [-0.4, -0.2) is 19.8 Å². The highest BCUT2D eigenvalue weighted by molar-refractivity contribution is 9.10. The van der Waals surface area contributed by atoms with Crippen molar-refractivity contribution in [1.29, 1.82) is 0 Å². The second-order valence-corrected chi connectivity index (χ2v) is 7.64. The zero-order valence-corrected chi connectivity index (χ0v) is 16.6. The van der Waals surface area contributed by atoms with Crippen LogP contribution in [0, 0.1) is 5.82 Å². The molecule has 28 heavy (non-hydrogen) atoms. The molecule has 0 bridgehead atoms. The van der Waals surface area contributed by atoms with Crippen LogP contribution in [0.5, 0.6) is 0 Å². The second-order valence-electron chi connectivity index (χ2n) is 5.95. The molecule has 2 aromatic carbocycles. The standard InChI is InChI=1S/C19H12BrFN4O2S/c20-12-2-1-3-14(8-12)23-15(26)9-25-10-22-17-16(24-28-18(17)19(25)27)11-4-6-13(21)7-5-11/h1-8,10H,9H2,(H,23,26). The zero-order valence-electron chi connectivity index (χ0n) is 14.2. The van der Waals surface area contributed by atoms with Gasteiger partial charge in [-0.25, -0.2) is 9.37 Å². The molecule has 6 nitrogen and oxygen atoms in total. The van der Waals surface area contributed by atoms with Gasteiger partial charge >= 0.3 is 0 Å². The van der Waals surface area contributed by atoms with Gasteiger partial charge in [0.15, 0.2) is 0 Å². The van der Waals surface area contributed by atoms with Gasteiger partial charge in [0.2, 0.25) is 5.91 Å². The minimum Gasteiger partial charge on any atom is -0.324 e. The fourth-order valence-corrected chi connectivity index (χ4v) is 3.89. The number of aromatic nitrogens is 3. The number of halogens is 2. The Morgan fingerprint density at radius 2 is 2.00 bits per heavy atom. The van der Waals surface area contributed by atoms with E-state index in [1.165, 1.54) is 23.0 Å². The number of hydrogen-bond acceptors (Lipinski definition) is 5. The van der Waals surface area contributed by atoms with Crippen molar-refractivity contribution >= 4 is 49.3 Å². The molecule has 0 saturated carbocycles. The number of amides is 1. The molecule has 2 aromatic heterocycles. The quantitative estimate of drug-likeness (QED) is 0.500. The first kappa shape index (κ1) is 18.5. The van der Waals surface area contributed by atoms with Crippen molar-refractivity contribution in [3.05, 3.63) is 75.5 Å². The van der Waals surface area contributed by atoms with Crippen molar-refractivity contribution < 1.29 is 9.18 Å². The van der Waals surface area contributed by atoms with E-state index in [2.05, 4.69) is 30.6 Å². The van der Waals surface area contributed by atoms with Gasteiger partial charge in [-0.3, -0.25) is 14.2 Å². The molecule has 4 aromatic rings. The number of fused-ring (bicyclic) bond motifs is 1. The predicted molar refractivity (Wildman–Crippen MR) is 110 cm³/mol. The Hall–Kier alpha value is -2.91. The van der Waals surface area contributed by atoms with Crippen molar-refractivity contribution in [2.45, 2.75) is 6.54 Å². The van der Waals surface area contributed by atoms with Crippen molar-refractivity contribution in [1.82, 2.24) is 13.9 Å². The van der Waals surface area contributed by atoms with E-state index in [0.29, 0.717) is 27.2 Å². The maximum atomic E-state index is 13.1. The number of nitrogens with zero attached hydrogens (tertiary/aromatic N) is 3. The van der Waals surface area contributed by atoms with Crippen LogP contribution in [0.1, 0.15) is 0 Å². The Balaban J connectivity index is 1.61. The fourth-order valence-electron chi connectivity index (χ4n) is 2.69. The van der Waals surface area contributed by atoms with Crippen molar-refractivity contribution in [3.8, 4) is 11.3 Å². The van der Waals surface area contributed by atoms with Gasteiger partial charge in [-0.2, -0.15) is 4.37 Å². The minimum absolute atomic E-state index is 0.169. The third kappa shape index (κ3) is 3.71. The first-order valence-corrected chi connectivity index (χ1v) is 9.74. The van der Waals surface area contributed by atoms with Gasteiger partial charge in [-0.15, -0.1) is 0 Å². The van der Waals surface area contributed by atoms with E-state index in [-0.39, 0.29) is 23.8 Å². The summed E-state index contributed by atoms with van der Waals surface area (Å²) in [5.74, 6) is -0.695. The Morgan fingerprint density at radius 3 is 2.75 bits per heavy atom. The van der Waals surface area contributed by atoms with E-state index in [0.717, 1.165) is 16.0 Å². The molecular weight excluding hydrogens is 447 g/mol. The predicted octanol–water partition coefficient (Wildman–Crippen LogP) is 4.06. The molecule has 0 radical (unpaired) electrons. The number of carbonyl (C=O) groups is 1. The summed E-state index contributed by atoms with van der Waals surface area (Å²) in [7, 11) is 0. The van der Waals surface area contributed by atoms with E-state index in [1.54, 1.807) is 30.3 Å². The molecule has 140 valence electrons. The van der Waals surface area contributed by atoms with Gasteiger partial charge < -0.3 is 5.32 Å². The van der Waals surface area contributed by atoms with Gasteiger partial charge in [-0.05, 0) is 54.0 Å². The molecule has 0 aliphatic heterocycles. The first-order valence-electron chi connectivity index (χ1n) is 8.17. The summed E-state index contributed by atoms with van der Waals surface area (Å²) in [4.78, 5) is 29.3. The van der Waals surface area contributed by atoms with Crippen LogP contribution in [0.25, 0.3) is 21.5 Å². The number of hydrogen-bond donors (Lipinski definition) is 1. The van der Waals surface area contributed by atoms with Gasteiger partial charge in [0.05, 0.1) is 6.33 Å². The summed E-state index contributed by atoms with van der Waals surface area (Å²) in [6.07, 6.45) is 1.33. The first-order chi connectivity index (χ1) is 13.5. The molecule has 0 atom stereocenters. The zero-order chi connectivity index (χ0) is 19.7. The number of benzene rings is 2. The Kier molecular flexibility index (Phi) is 5.01. The summed E-state index contributed by atoms with van der Waals surface area (Å²) in [6.45, 7) is -0.169. The molecule has 0 spiro atoms. The van der Waals surface area contributed by atoms with Crippen LogP contribution in [0.2, 0.25) is 0 Å². The third-order valence-electron chi connectivity index (χ3n) is 3.99. The molecule has 0 unspecified atom stereocenters. The summed E-state index contributed by atoms with van der Waals surface area (Å²) in [6, 6.07) is 13.0. The van der Waals surface area contributed by atoms with Crippen molar-refractivity contribution in [3.63, 3.8) is 0 Å². The second kappa shape index (κ2) is 7.61. The van der Waals surface area contributed by atoms with E-state index in [9.17, 15) is 14.0 Å². The SMILES string of the molecule is O=C(Cn1cnc2c(-c3ccc(F)cc3)nsc2c1=O)Nc1cccc(Br)c1. The smallest absolute Gasteiger partial charge is 0.273 e. The van der Waals surface area contributed by atoms with Crippen LogP contribution in [0.3, 0.4) is 0 Å². The molecular formula is C19H12BrFN4O2S. The topological polar surface area (TPSA) is 76.9 Å². The molecule has 0 aliphatic carbocycles. The monoisotopic (exact) mass is 458 g/mol. The highest BCUT2D eigenvalue weighted by atomic mass is 79.9. The van der Waals surface area contributed by atoms with Crippen molar-refractivity contribution in [2.75, 3.05) is 5.32 Å². The lowest BCUT2D eigenvalue weighted by Gasteiger charge is -2.07. The third-order valence-corrected chi connectivity index (χ3v) is 5.31. The molecule has 1 N–H and O–H groups in total. The van der Waals surface area contributed by atoms with Gasteiger partial charge in [0, 0.05) is 15.7 Å². The maximum Gasteiger partial charge on any atom is 0.273 e. The average Bonchev–Trinajstić information content (AvgIpc) is 3.09. The summed E-state index contributed by atoms with van der Waals surface area (Å²) >= 11 is 4.35. The van der Waals surface area contributed by atoms with E-state index < -0.39 is 0 Å². The number of nitrogens with one attached hydrogen (secondary N) is 1. The Bertz CT molecular complexity index is 1240. The normalized spacial score (nSPS) is 10.9. The largest absolute Gasteiger partial charge is 0.324 e. The lowest BCUT2D eigenvalue weighted by molar-refractivity contribution is -0.116. The van der Waals surface area contributed by atoms with Crippen LogP contribution in [-0.2, 0) is 11.3 Å². The lowest BCUT2D eigenvalue weighted by atomic mass is 10.1. The molecule has 4 rings (SSSR count). The Morgan fingerprint density at radius 1 is 1.21 bits per heavy atom. The minimum atomic E-state index is -0.352. The van der Waals surface area contributed by atoms with E-state index >= 15 is 0 Å². The Labute approximate surface area is 171 Å². The number of anilines is 1. The summed E-state index contributed by atoms with van der Waals surface area (Å²) in [5.41, 5.74) is 1.90. The lowest BCUT2D eigenvalue weighted by Crippen LogP contribution is -2.27. The van der Waals surface area contributed by atoms with E-state index in [1.807, 2.05) is 6.07 Å². The molecule has 2 heterocycles. The molecule has 0 aliphatic rings. The molecule has 9 heteroatoms. The molecule has 0 saturated heterocycles. The van der Waals surface area contributed by atoms with Crippen LogP contribution >= 0.6 is 27.5 Å². The van der Waals surface area contributed by atoms with Crippen LogP contribution < -0.4 is 10.9 Å². The maximum absolute atomic E-state index is 13.1. The number of carbonyl (C=O) groups excluding carboxylic acids is 1. The van der Waals surface area contributed by atoms with Gasteiger partial charge in [0.1, 0.15) is 28.3 Å². The van der Waals surface area contributed by atoms with E-state index in [4.69, 9.17) is 0 Å². The van der Waals surface area contributed by atoms with Crippen LogP contribution in [0.15, 0.2) is 64.1 Å². The average molecular weight is 459 g/mol. The fraction of sp³-hybridized carbons (Fsp3) is 0.0526. The van der Waals surface area contributed by atoms with Gasteiger partial charge in [-0.1, -0.05) is 22.0 Å². The summed E-state index contributed by atoms with van der Waals surface area (Å²) in [5, 5.41) is 2.74. The highest BCUT2D eigenvalue weighted by Crippen LogP contribution is 2.27. The van der Waals surface area contributed by atoms with Crippen LogP contribution in [0.4, 0.5) is 10.1 Å². The molecule has 0 fully saturated rings. The van der Waals surface area contributed by atoms with Gasteiger partial charge in [0.25, 0.3) is 5.56 Å².